The standard InChI is InChI=1S/C9H8F3NO4S/c1-17-8(14)6-4-5(9(10,11)12)2-3-7(6)18(13,15)16/h2-4H,1H3,(H2,13,15,16). The lowest BCUT2D eigenvalue weighted by Crippen LogP contribution is -2.19. The molecule has 1 aromatic rings. The summed E-state index contributed by atoms with van der Waals surface area (Å²) in [6.07, 6.45) is -4.71. The second kappa shape index (κ2) is 4.58. The third-order valence-corrected chi connectivity index (χ3v) is 2.99. The fourth-order valence-electron chi connectivity index (χ4n) is 1.22. The van der Waals surface area contributed by atoms with E-state index in [1.807, 2.05) is 0 Å². The first-order chi connectivity index (χ1) is 8.07. The molecule has 1 aromatic carbocycles. The molecule has 0 amide bonds. The Hall–Kier alpha value is -1.61. The molecule has 0 bridgehead atoms. The summed E-state index contributed by atoms with van der Waals surface area (Å²) in [5.41, 5.74) is -1.93. The molecule has 9 heteroatoms. The van der Waals surface area contributed by atoms with E-state index < -0.39 is 38.2 Å². The Bertz CT molecular complexity index is 580. The number of esters is 1. The van der Waals surface area contributed by atoms with Gasteiger partial charge in [-0.2, -0.15) is 13.2 Å². The number of primary sulfonamides is 1. The number of nitrogens with two attached hydrogens (primary N) is 1. The first-order valence-electron chi connectivity index (χ1n) is 4.39. The number of hydrogen-bond acceptors (Lipinski definition) is 4. The molecule has 0 aliphatic heterocycles. The number of carbonyl (C=O) groups excluding carboxylic acids is 1. The van der Waals surface area contributed by atoms with Gasteiger partial charge in [0.1, 0.15) is 0 Å². The van der Waals surface area contributed by atoms with Crippen molar-refractivity contribution in [2.75, 3.05) is 7.11 Å². The van der Waals surface area contributed by atoms with Gasteiger partial charge in [0.2, 0.25) is 10.0 Å². The van der Waals surface area contributed by atoms with E-state index in [4.69, 9.17) is 5.14 Å². The molecule has 0 spiro atoms. The molecule has 0 fully saturated rings. The van der Waals surface area contributed by atoms with Gasteiger partial charge in [0.05, 0.1) is 23.1 Å². The van der Waals surface area contributed by atoms with Crippen molar-refractivity contribution >= 4 is 16.0 Å². The number of alkyl halides is 3. The number of sulfonamides is 1. The minimum Gasteiger partial charge on any atom is -0.465 e. The highest BCUT2D eigenvalue weighted by molar-refractivity contribution is 7.89. The number of rotatable bonds is 2. The van der Waals surface area contributed by atoms with Gasteiger partial charge in [0.25, 0.3) is 0 Å². The van der Waals surface area contributed by atoms with Gasteiger partial charge < -0.3 is 4.74 Å². The van der Waals surface area contributed by atoms with Crippen LogP contribution in [-0.2, 0) is 20.9 Å². The van der Waals surface area contributed by atoms with Crippen LogP contribution in [0.25, 0.3) is 0 Å². The summed E-state index contributed by atoms with van der Waals surface area (Å²) in [6.45, 7) is 0. The van der Waals surface area contributed by atoms with Crippen molar-refractivity contribution in [3.05, 3.63) is 29.3 Å². The molecule has 0 radical (unpaired) electrons. The zero-order chi connectivity index (χ0) is 14.1. The van der Waals surface area contributed by atoms with Crippen LogP contribution in [0.2, 0.25) is 0 Å². The van der Waals surface area contributed by atoms with E-state index in [2.05, 4.69) is 4.74 Å². The van der Waals surface area contributed by atoms with Crippen molar-refractivity contribution in [2.45, 2.75) is 11.1 Å². The summed E-state index contributed by atoms with van der Waals surface area (Å²) < 4.78 is 63.8. The molecule has 0 heterocycles. The Labute approximate surface area is 100 Å². The second-order valence-corrected chi connectivity index (χ2v) is 4.78. The molecule has 18 heavy (non-hydrogen) atoms. The molecule has 0 saturated heterocycles. The van der Waals surface area contributed by atoms with Gasteiger partial charge in [0, 0.05) is 0 Å². The Morgan fingerprint density at radius 2 is 1.89 bits per heavy atom. The molecule has 100 valence electrons. The fourth-order valence-corrected chi connectivity index (χ4v) is 1.93. The lowest BCUT2D eigenvalue weighted by molar-refractivity contribution is -0.137. The van der Waals surface area contributed by atoms with E-state index >= 15 is 0 Å². The quantitative estimate of drug-likeness (QED) is 0.824. The van der Waals surface area contributed by atoms with Crippen LogP contribution in [0.4, 0.5) is 13.2 Å². The molecule has 2 N–H and O–H groups in total. The summed E-state index contributed by atoms with van der Waals surface area (Å²) in [4.78, 5) is 10.5. The monoisotopic (exact) mass is 283 g/mol. The number of ether oxygens (including phenoxy) is 1. The molecule has 5 nitrogen and oxygen atoms in total. The maximum Gasteiger partial charge on any atom is 0.416 e. The van der Waals surface area contributed by atoms with Crippen molar-refractivity contribution in [1.29, 1.82) is 0 Å². The van der Waals surface area contributed by atoms with E-state index in [1.54, 1.807) is 0 Å². The van der Waals surface area contributed by atoms with Crippen molar-refractivity contribution in [3.8, 4) is 0 Å². The molecule has 0 atom stereocenters. The van der Waals surface area contributed by atoms with Gasteiger partial charge in [-0.1, -0.05) is 0 Å². The summed E-state index contributed by atoms with van der Waals surface area (Å²) >= 11 is 0. The van der Waals surface area contributed by atoms with E-state index in [0.717, 1.165) is 7.11 Å². The molecule has 0 saturated carbocycles. The van der Waals surface area contributed by atoms with Crippen LogP contribution in [0.15, 0.2) is 23.1 Å². The van der Waals surface area contributed by atoms with Crippen LogP contribution in [-0.4, -0.2) is 21.5 Å². The van der Waals surface area contributed by atoms with Crippen molar-refractivity contribution in [1.82, 2.24) is 0 Å². The van der Waals surface area contributed by atoms with Gasteiger partial charge in [-0.05, 0) is 18.2 Å². The average Bonchev–Trinajstić information content (AvgIpc) is 2.24. The maximum absolute atomic E-state index is 12.4. The average molecular weight is 283 g/mol. The highest BCUT2D eigenvalue weighted by Gasteiger charge is 2.33. The molecule has 0 aliphatic carbocycles. The minimum atomic E-state index is -4.71. The first kappa shape index (κ1) is 14.5. The number of carbonyl (C=O) groups is 1. The summed E-state index contributed by atoms with van der Waals surface area (Å²) in [6, 6.07) is 1.52. The number of methoxy groups -OCH3 is 1. The topological polar surface area (TPSA) is 86.5 Å². The molecule has 0 unspecified atom stereocenters. The zero-order valence-electron chi connectivity index (χ0n) is 8.98. The summed E-state index contributed by atoms with van der Waals surface area (Å²) in [5, 5.41) is 4.79. The Kier molecular flexibility index (Phi) is 3.67. The van der Waals surface area contributed by atoms with E-state index in [0.29, 0.717) is 18.2 Å². The highest BCUT2D eigenvalue weighted by atomic mass is 32.2. The number of benzene rings is 1. The van der Waals surface area contributed by atoms with Gasteiger partial charge in [-0.25, -0.2) is 18.4 Å². The van der Waals surface area contributed by atoms with Crippen molar-refractivity contribution < 1.29 is 31.1 Å². The van der Waals surface area contributed by atoms with Crippen molar-refractivity contribution in [3.63, 3.8) is 0 Å². The predicted octanol–water partition coefficient (Wildman–Crippen LogP) is 1.14. The Morgan fingerprint density at radius 3 is 2.28 bits per heavy atom. The first-order valence-corrected chi connectivity index (χ1v) is 5.94. The third-order valence-electron chi connectivity index (χ3n) is 2.02. The maximum atomic E-state index is 12.4. The summed E-state index contributed by atoms with van der Waals surface area (Å²) in [7, 11) is -3.41. The Morgan fingerprint density at radius 1 is 1.33 bits per heavy atom. The zero-order valence-corrected chi connectivity index (χ0v) is 9.80. The predicted molar refractivity (Wildman–Crippen MR) is 54.2 cm³/mol. The lowest BCUT2D eigenvalue weighted by Gasteiger charge is -2.10. The lowest BCUT2D eigenvalue weighted by atomic mass is 10.1. The molecular weight excluding hydrogens is 275 g/mol. The SMILES string of the molecule is COC(=O)c1cc(C(F)(F)F)ccc1S(N)(=O)=O. The largest absolute Gasteiger partial charge is 0.465 e. The molecular formula is C9H8F3NO4S. The minimum absolute atomic E-state index is 0.381. The van der Waals surface area contributed by atoms with E-state index in [9.17, 15) is 26.4 Å². The van der Waals surface area contributed by atoms with Crippen LogP contribution in [0, 0.1) is 0 Å². The van der Waals surface area contributed by atoms with Crippen LogP contribution in [0.1, 0.15) is 15.9 Å². The van der Waals surface area contributed by atoms with Gasteiger partial charge in [-0.3, -0.25) is 0 Å². The number of halogens is 3. The molecule has 1 rings (SSSR count). The second-order valence-electron chi connectivity index (χ2n) is 3.25. The van der Waals surface area contributed by atoms with E-state index in [1.165, 1.54) is 0 Å². The van der Waals surface area contributed by atoms with Gasteiger partial charge in [0.15, 0.2) is 0 Å². The van der Waals surface area contributed by atoms with E-state index in [-0.39, 0.29) is 0 Å². The Balaban J connectivity index is 3.54. The highest BCUT2D eigenvalue weighted by Crippen LogP contribution is 2.31. The van der Waals surface area contributed by atoms with Crippen molar-refractivity contribution in [2.24, 2.45) is 5.14 Å². The molecule has 0 aromatic heterocycles. The molecule has 0 aliphatic rings. The fraction of sp³-hybridized carbons (Fsp3) is 0.222. The van der Waals surface area contributed by atoms with Crippen LogP contribution < -0.4 is 5.14 Å². The summed E-state index contributed by atoms with van der Waals surface area (Å²) in [5.74, 6) is -1.22. The normalized spacial score (nSPS) is 12.3. The van der Waals surface area contributed by atoms with Crippen LogP contribution in [0.5, 0.6) is 0 Å². The third kappa shape index (κ3) is 2.99. The van der Waals surface area contributed by atoms with Gasteiger partial charge >= 0.3 is 12.1 Å². The van der Waals surface area contributed by atoms with Gasteiger partial charge in [-0.15, -0.1) is 0 Å². The smallest absolute Gasteiger partial charge is 0.416 e. The number of hydrogen-bond donors (Lipinski definition) is 1. The van der Waals surface area contributed by atoms with Crippen LogP contribution in [0.3, 0.4) is 0 Å². The van der Waals surface area contributed by atoms with Crippen LogP contribution >= 0.6 is 0 Å².